The van der Waals surface area contributed by atoms with Crippen molar-refractivity contribution in [1.29, 1.82) is 0 Å². The first-order valence-corrected chi connectivity index (χ1v) is 4.85. The van der Waals surface area contributed by atoms with Gasteiger partial charge in [-0.25, -0.2) is 5.84 Å². The highest BCUT2D eigenvalue weighted by atomic mass is 16.6. The van der Waals surface area contributed by atoms with Crippen molar-refractivity contribution in [2.45, 2.75) is 0 Å². The highest BCUT2D eigenvalue weighted by molar-refractivity contribution is 5.97. The second-order valence-corrected chi connectivity index (χ2v) is 3.51. The van der Waals surface area contributed by atoms with Crippen molar-refractivity contribution in [1.82, 2.24) is 10.4 Å². The van der Waals surface area contributed by atoms with Gasteiger partial charge in [-0.05, 0) is 17.5 Å². The van der Waals surface area contributed by atoms with Crippen molar-refractivity contribution in [3.05, 3.63) is 50.3 Å². The smallest absolute Gasteiger partial charge is 0.271 e. The largest absolute Gasteiger partial charge is 0.321 e. The molecule has 0 aliphatic carbocycles. The third-order valence-electron chi connectivity index (χ3n) is 2.42. The van der Waals surface area contributed by atoms with Crippen molar-refractivity contribution < 1.29 is 9.72 Å². The Labute approximate surface area is 99.5 Å². The van der Waals surface area contributed by atoms with Gasteiger partial charge in [0.15, 0.2) is 0 Å². The minimum Gasteiger partial charge on any atom is -0.321 e. The molecule has 0 spiro atoms. The zero-order chi connectivity index (χ0) is 13.3. The number of rotatable bonds is 2. The number of nitro groups is 1. The fraction of sp³-hybridized carbons (Fsp3) is 0. The van der Waals surface area contributed by atoms with Gasteiger partial charge in [-0.2, -0.15) is 0 Å². The van der Waals surface area contributed by atoms with E-state index in [1.165, 1.54) is 24.3 Å². The van der Waals surface area contributed by atoms with Gasteiger partial charge in [0.2, 0.25) is 0 Å². The normalized spacial score (nSPS) is 10.3. The second-order valence-electron chi connectivity index (χ2n) is 3.51. The van der Waals surface area contributed by atoms with Crippen LogP contribution in [0.3, 0.4) is 0 Å². The number of nitro benzene ring substituents is 1. The molecule has 0 saturated heterocycles. The average molecular weight is 248 g/mol. The first-order chi connectivity index (χ1) is 8.52. The van der Waals surface area contributed by atoms with Crippen molar-refractivity contribution in [3.8, 4) is 0 Å². The molecular formula is C10H8N4O4. The Morgan fingerprint density at radius 2 is 2.11 bits per heavy atom. The number of carbonyl (C=O) groups is 1. The van der Waals surface area contributed by atoms with E-state index in [4.69, 9.17) is 5.84 Å². The van der Waals surface area contributed by atoms with E-state index < -0.39 is 16.4 Å². The average Bonchev–Trinajstić information content (AvgIpc) is 2.36. The molecule has 0 unspecified atom stereocenters. The number of aromatic amines is 1. The first-order valence-electron chi connectivity index (χ1n) is 4.85. The Bertz CT molecular complexity index is 707. The number of benzene rings is 1. The van der Waals surface area contributed by atoms with Crippen molar-refractivity contribution in [2.24, 2.45) is 5.84 Å². The number of fused-ring (bicyclic) bond motifs is 1. The summed E-state index contributed by atoms with van der Waals surface area (Å²) < 4.78 is 0. The standard InChI is InChI=1S/C10H8N4O4/c11-13-10(16)7-3-5-1-2-6(14(17)18)4-8(5)12-9(7)15/h1-4H,11H2,(H,12,15)(H,13,16). The predicted octanol–water partition coefficient (Wildman–Crippen LogP) is 0.0398. The summed E-state index contributed by atoms with van der Waals surface area (Å²) in [5.74, 6) is 4.21. The molecule has 4 N–H and O–H groups in total. The minimum atomic E-state index is -0.725. The van der Waals surface area contributed by atoms with E-state index in [1.807, 2.05) is 5.43 Å². The number of H-pyrrole nitrogens is 1. The third kappa shape index (κ3) is 1.92. The SMILES string of the molecule is NNC(=O)c1cc2ccc([N+](=O)[O-])cc2[nH]c1=O. The van der Waals surface area contributed by atoms with Crippen LogP contribution in [-0.2, 0) is 0 Å². The molecule has 18 heavy (non-hydrogen) atoms. The molecule has 1 heterocycles. The zero-order valence-electron chi connectivity index (χ0n) is 8.97. The van der Waals surface area contributed by atoms with Gasteiger partial charge in [-0.1, -0.05) is 0 Å². The van der Waals surface area contributed by atoms with E-state index in [0.29, 0.717) is 5.39 Å². The molecule has 2 aromatic rings. The number of nitrogens with two attached hydrogens (primary N) is 1. The van der Waals surface area contributed by atoms with E-state index >= 15 is 0 Å². The number of pyridine rings is 1. The Hall–Kier alpha value is -2.74. The van der Waals surface area contributed by atoms with E-state index in [1.54, 1.807) is 0 Å². The number of nitrogens with one attached hydrogen (secondary N) is 2. The number of hydrogen-bond acceptors (Lipinski definition) is 5. The molecule has 8 nitrogen and oxygen atoms in total. The maximum atomic E-state index is 11.6. The molecule has 1 aromatic heterocycles. The lowest BCUT2D eigenvalue weighted by molar-refractivity contribution is -0.384. The Morgan fingerprint density at radius 1 is 1.39 bits per heavy atom. The number of non-ortho nitro benzene ring substituents is 1. The summed E-state index contributed by atoms with van der Waals surface area (Å²) in [4.78, 5) is 35.3. The van der Waals surface area contributed by atoms with Gasteiger partial charge in [-0.15, -0.1) is 0 Å². The van der Waals surface area contributed by atoms with E-state index in [0.717, 1.165) is 0 Å². The van der Waals surface area contributed by atoms with Gasteiger partial charge in [0.1, 0.15) is 5.56 Å². The third-order valence-corrected chi connectivity index (χ3v) is 2.42. The molecule has 1 aromatic carbocycles. The monoisotopic (exact) mass is 248 g/mol. The molecule has 2 rings (SSSR count). The molecule has 1 amide bonds. The number of aromatic nitrogens is 1. The number of carbonyl (C=O) groups excluding carboxylic acids is 1. The van der Waals surface area contributed by atoms with Crippen molar-refractivity contribution in [2.75, 3.05) is 0 Å². The number of nitrogen functional groups attached to an aromatic ring is 1. The predicted molar refractivity (Wildman–Crippen MR) is 62.9 cm³/mol. The summed E-state index contributed by atoms with van der Waals surface area (Å²) >= 11 is 0. The maximum absolute atomic E-state index is 11.6. The first kappa shape index (κ1) is 11.7. The second kappa shape index (κ2) is 4.26. The molecule has 8 heteroatoms. The van der Waals surface area contributed by atoms with Crippen LogP contribution in [0, 0.1) is 10.1 Å². The molecule has 0 saturated carbocycles. The Morgan fingerprint density at radius 3 is 2.72 bits per heavy atom. The number of amides is 1. The molecule has 92 valence electrons. The van der Waals surface area contributed by atoms with Crippen LogP contribution in [-0.4, -0.2) is 15.8 Å². The molecule has 0 fully saturated rings. The Kier molecular flexibility index (Phi) is 2.78. The van der Waals surface area contributed by atoms with Gasteiger partial charge in [0, 0.05) is 12.1 Å². The number of nitrogens with zero attached hydrogens (tertiary/aromatic N) is 1. The molecule has 0 aliphatic rings. The van der Waals surface area contributed by atoms with Gasteiger partial charge in [-0.3, -0.25) is 25.1 Å². The fourth-order valence-electron chi connectivity index (χ4n) is 1.55. The van der Waals surface area contributed by atoms with Crippen LogP contribution < -0.4 is 16.8 Å². The number of hydrogen-bond donors (Lipinski definition) is 3. The van der Waals surface area contributed by atoms with E-state index in [-0.39, 0.29) is 16.8 Å². The molecule has 0 bridgehead atoms. The van der Waals surface area contributed by atoms with Gasteiger partial charge < -0.3 is 4.98 Å². The van der Waals surface area contributed by atoms with Crippen molar-refractivity contribution >= 4 is 22.5 Å². The lowest BCUT2D eigenvalue weighted by Crippen LogP contribution is -2.34. The maximum Gasteiger partial charge on any atom is 0.271 e. The molecule has 0 aliphatic heterocycles. The van der Waals surface area contributed by atoms with Crippen LogP contribution >= 0.6 is 0 Å². The highest BCUT2D eigenvalue weighted by Crippen LogP contribution is 2.18. The van der Waals surface area contributed by atoms with Gasteiger partial charge >= 0.3 is 0 Å². The number of hydrazine groups is 1. The van der Waals surface area contributed by atoms with Crippen LogP contribution in [0.1, 0.15) is 10.4 Å². The van der Waals surface area contributed by atoms with Crippen LogP contribution in [0.25, 0.3) is 10.9 Å². The van der Waals surface area contributed by atoms with Crippen LogP contribution in [0.2, 0.25) is 0 Å². The lowest BCUT2D eigenvalue weighted by Gasteiger charge is -2.02. The van der Waals surface area contributed by atoms with Gasteiger partial charge in [0.05, 0.1) is 10.4 Å². The van der Waals surface area contributed by atoms with Crippen molar-refractivity contribution in [3.63, 3.8) is 0 Å². The fourth-order valence-corrected chi connectivity index (χ4v) is 1.55. The van der Waals surface area contributed by atoms with E-state index in [2.05, 4.69) is 4.98 Å². The van der Waals surface area contributed by atoms with Gasteiger partial charge in [0.25, 0.3) is 17.2 Å². The quantitative estimate of drug-likeness (QED) is 0.299. The summed E-state index contributed by atoms with van der Waals surface area (Å²) in [6.07, 6.45) is 0. The lowest BCUT2D eigenvalue weighted by atomic mass is 10.1. The summed E-state index contributed by atoms with van der Waals surface area (Å²) in [6.45, 7) is 0. The van der Waals surface area contributed by atoms with Crippen LogP contribution in [0.15, 0.2) is 29.1 Å². The topological polar surface area (TPSA) is 131 Å². The Balaban J connectivity index is 2.68. The minimum absolute atomic E-state index is 0.144. The van der Waals surface area contributed by atoms with Crippen LogP contribution in [0.4, 0.5) is 5.69 Å². The molecule has 0 radical (unpaired) electrons. The molecular weight excluding hydrogens is 240 g/mol. The summed E-state index contributed by atoms with van der Waals surface area (Å²) in [5, 5.41) is 11.1. The summed E-state index contributed by atoms with van der Waals surface area (Å²) in [5.41, 5.74) is 1.17. The van der Waals surface area contributed by atoms with Crippen LogP contribution in [0.5, 0.6) is 0 Å². The molecule has 0 atom stereocenters. The zero-order valence-corrected chi connectivity index (χ0v) is 8.97. The summed E-state index contributed by atoms with van der Waals surface area (Å²) in [6, 6.07) is 5.27. The highest BCUT2D eigenvalue weighted by Gasteiger charge is 2.12. The summed E-state index contributed by atoms with van der Waals surface area (Å²) in [7, 11) is 0. The van der Waals surface area contributed by atoms with E-state index in [9.17, 15) is 19.7 Å².